The normalized spacial score (nSPS) is 20.2. The maximum absolute atomic E-state index is 12.8. The van der Waals surface area contributed by atoms with E-state index in [1.807, 2.05) is 12.1 Å². The molecule has 1 aliphatic rings. The van der Waals surface area contributed by atoms with Crippen LogP contribution in [0, 0.1) is 11.3 Å². The highest BCUT2D eigenvalue weighted by molar-refractivity contribution is 6.30. The van der Waals surface area contributed by atoms with Crippen molar-refractivity contribution in [2.75, 3.05) is 18.0 Å². The van der Waals surface area contributed by atoms with E-state index in [0.717, 1.165) is 48.3 Å². The highest BCUT2D eigenvalue weighted by Gasteiger charge is 2.36. The van der Waals surface area contributed by atoms with Crippen molar-refractivity contribution in [1.82, 2.24) is 24.2 Å². The van der Waals surface area contributed by atoms with Gasteiger partial charge in [-0.3, -0.25) is 19.4 Å². The molecule has 174 valence electrons. The average Bonchev–Trinajstić information content (AvgIpc) is 3.25. The van der Waals surface area contributed by atoms with Gasteiger partial charge in [-0.2, -0.15) is 10.4 Å². The third kappa shape index (κ3) is 4.35. The molecule has 0 saturated carbocycles. The molecule has 33 heavy (non-hydrogen) atoms. The molecule has 9 heteroatoms. The first-order valence-corrected chi connectivity index (χ1v) is 11.8. The Balaban J connectivity index is 1.72. The number of anilines is 1. The van der Waals surface area contributed by atoms with Crippen molar-refractivity contribution in [3.05, 3.63) is 51.7 Å². The van der Waals surface area contributed by atoms with E-state index in [9.17, 15) is 4.79 Å². The van der Waals surface area contributed by atoms with E-state index in [4.69, 9.17) is 16.9 Å². The highest BCUT2D eigenvalue weighted by Crippen LogP contribution is 2.34. The lowest BCUT2D eigenvalue weighted by Gasteiger charge is -2.49. The minimum Gasteiger partial charge on any atom is -0.364 e. The Morgan fingerprint density at radius 2 is 2.00 bits per heavy atom. The molecule has 1 fully saturated rings. The second-order valence-corrected chi connectivity index (χ2v) is 9.13. The predicted molar refractivity (Wildman–Crippen MR) is 130 cm³/mol. The topological polar surface area (TPSA) is 83.0 Å². The molecule has 0 unspecified atom stereocenters. The largest absolute Gasteiger partial charge is 0.364 e. The number of fused-ring (bicyclic) bond motifs is 1. The summed E-state index contributed by atoms with van der Waals surface area (Å²) in [6.45, 7) is 8.37. The standard InChI is InChI=1S/C24H30ClN7O/c1-5-18-14-32(19(6-2)13-31(18)16(3)20-8-7-17(25)12-27-20)21-11-23(33)29(4)22-15-30(10-9-26)28-24(21)22/h7-8,11-12,15-16,18-19H,5-6,10,13-14H2,1-4H3/t16-,18-,19+/m1/s1. The smallest absolute Gasteiger partial charge is 0.252 e. The fraction of sp³-hybridized carbons (Fsp3) is 0.500. The lowest BCUT2D eigenvalue weighted by atomic mass is 9.98. The van der Waals surface area contributed by atoms with Crippen LogP contribution in [0.1, 0.15) is 45.3 Å². The average molecular weight is 468 g/mol. The number of hydrogen-bond acceptors (Lipinski definition) is 6. The molecule has 3 atom stereocenters. The van der Waals surface area contributed by atoms with Gasteiger partial charge in [0.05, 0.1) is 34.2 Å². The van der Waals surface area contributed by atoms with Crippen LogP contribution in [-0.4, -0.2) is 49.4 Å². The molecule has 0 N–H and O–H groups in total. The van der Waals surface area contributed by atoms with E-state index >= 15 is 0 Å². The monoisotopic (exact) mass is 467 g/mol. The van der Waals surface area contributed by atoms with Crippen LogP contribution < -0.4 is 10.5 Å². The number of piperazine rings is 1. The number of pyridine rings is 2. The molecule has 1 aliphatic heterocycles. The van der Waals surface area contributed by atoms with Crippen LogP contribution >= 0.6 is 11.6 Å². The molecular weight excluding hydrogens is 438 g/mol. The first-order chi connectivity index (χ1) is 15.9. The fourth-order valence-corrected chi connectivity index (χ4v) is 4.98. The first-order valence-electron chi connectivity index (χ1n) is 11.5. The molecule has 0 bridgehead atoms. The van der Waals surface area contributed by atoms with Gasteiger partial charge in [0.1, 0.15) is 12.1 Å². The lowest BCUT2D eigenvalue weighted by molar-refractivity contribution is 0.0991. The van der Waals surface area contributed by atoms with E-state index in [2.05, 4.69) is 46.7 Å². The minimum atomic E-state index is -0.0712. The molecule has 0 spiro atoms. The zero-order chi connectivity index (χ0) is 23.7. The molecule has 8 nitrogen and oxygen atoms in total. The van der Waals surface area contributed by atoms with E-state index in [-0.39, 0.29) is 24.2 Å². The summed E-state index contributed by atoms with van der Waals surface area (Å²) in [5.41, 5.74) is 3.30. The van der Waals surface area contributed by atoms with Crippen molar-refractivity contribution in [2.24, 2.45) is 7.05 Å². The Morgan fingerprint density at radius 1 is 1.24 bits per heavy atom. The lowest BCUT2D eigenvalue weighted by Crippen LogP contribution is -2.58. The van der Waals surface area contributed by atoms with Crippen LogP contribution in [0.3, 0.4) is 0 Å². The van der Waals surface area contributed by atoms with E-state index in [1.165, 1.54) is 0 Å². The van der Waals surface area contributed by atoms with Gasteiger partial charge in [0, 0.05) is 50.5 Å². The maximum Gasteiger partial charge on any atom is 0.252 e. The van der Waals surface area contributed by atoms with Gasteiger partial charge in [0.15, 0.2) is 0 Å². The number of nitrogens with zero attached hydrogens (tertiary/aromatic N) is 7. The van der Waals surface area contributed by atoms with Gasteiger partial charge in [0.2, 0.25) is 0 Å². The number of nitriles is 1. The summed E-state index contributed by atoms with van der Waals surface area (Å²) in [6, 6.07) is 8.38. The van der Waals surface area contributed by atoms with Crippen molar-refractivity contribution in [3.8, 4) is 6.07 Å². The van der Waals surface area contributed by atoms with Crippen molar-refractivity contribution in [2.45, 2.75) is 58.3 Å². The summed E-state index contributed by atoms with van der Waals surface area (Å²) in [6.07, 6.45) is 5.40. The molecule has 3 aromatic rings. The second kappa shape index (κ2) is 9.54. The fourth-order valence-electron chi connectivity index (χ4n) is 4.87. The third-order valence-corrected chi connectivity index (χ3v) is 7.06. The Kier molecular flexibility index (Phi) is 6.73. The van der Waals surface area contributed by atoms with Gasteiger partial charge < -0.3 is 9.47 Å². The van der Waals surface area contributed by atoms with Gasteiger partial charge in [-0.15, -0.1) is 0 Å². The van der Waals surface area contributed by atoms with Gasteiger partial charge in [-0.25, -0.2) is 0 Å². The zero-order valence-electron chi connectivity index (χ0n) is 19.6. The molecule has 1 saturated heterocycles. The summed E-state index contributed by atoms with van der Waals surface area (Å²) >= 11 is 6.05. The van der Waals surface area contributed by atoms with Crippen LogP contribution in [0.25, 0.3) is 11.0 Å². The van der Waals surface area contributed by atoms with Crippen LogP contribution in [0.5, 0.6) is 0 Å². The van der Waals surface area contributed by atoms with Gasteiger partial charge in [0.25, 0.3) is 5.56 Å². The minimum absolute atomic E-state index is 0.0712. The number of aromatic nitrogens is 4. The van der Waals surface area contributed by atoms with Crippen LogP contribution in [0.15, 0.2) is 35.4 Å². The molecule has 0 radical (unpaired) electrons. The summed E-state index contributed by atoms with van der Waals surface area (Å²) in [5, 5.41) is 14.4. The Bertz CT molecular complexity index is 1230. The molecule has 0 aromatic carbocycles. The SMILES string of the molecule is CC[C@H]1CN([C@H](C)c2ccc(Cl)cn2)[C@H](CC)CN1c1cc(=O)n(C)c2cn(CC#N)nc12. The zero-order valence-corrected chi connectivity index (χ0v) is 20.3. The molecule has 0 aliphatic carbocycles. The van der Waals surface area contributed by atoms with Crippen LogP contribution in [-0.2, 0) is 13.6 Å². The van der Waals surface area contributed by atoms with E-state index in [0.29, 0.717) is 11.1 Å². The van der Waals surface area contributed by atoms with Crippen LogP contribution in [0.4, 0.5) is 5.69 Å². The van der Waals surface area contributed by atoms with Gasteiger partial charge in [-0.05, 0) is 31.9 Å². The number of hydrogen-bond donors (Lipinski definition) is 0. The summed E-state index contributed by atoms with van der Waals surface area (Å²) in [5.74, 6) is 0. The first kappa shape index (κ1) is 23.3. The number of aryl methyl sites for hydroxylation is 1. The maximum atomic E-state index is 12.8. The van der Waals surface area contributed by atoms with Gasteiger partial charge >= 0.3 is 0 Å². The Morgan fingerprint density at radius 3 is 2.64 bits per heavy atom. The molecule has 4 rings (SSSR count). The van der Waals surface area contributed by atoms with E-state index < -0.39 is 0 Å². The summed E-state index contributed by atoms with van der Waals surface area (Å²) in [4.78, 5) is 22.2. The number of halogens is 1. The Labute approximate surface area is 199 Å². The van der Waals surface area contributed by atoms with Crippen molar-refractivity contribution in [3.63, 3.8) is 0 Å². The van der Waals surface area contributed by atoms with E-state index in [1.54, 1.807) is 34.8 Å². The number of rotatable bonds is 6. The van der Waals surface area contributed by atoms with Crippen molar-refractivity contribution in [1.29, 1.82) is 5.26 Å². The van der Waals surface area contributed by atoms with Crippen molar-refractivity contribution < 1.29 is 0 Å². The molecule has 4 heterocycles. The third-order valence-electron chi connectivity index (χ3n) is 6.84. The molecular formula is C24H30ClN7O. The van der Waals surface area contributed by atoms with Crippen molar-refractivity contribution >= 4 is 28.3 Å². The Hall–Kier alpha value is -2.89. The predicted octanol–water partition coefficient (Wildman–Crippen LogP) is 3.75. The quantitative estimate of drug-likeness (QED) is 0.549. The molecule has 0 amide bonds. The van der Waals surface area contributed by atoms with Gasteiger partial charge in [-0.1, -0.05) is 25.4 Å². The second-order valence-electron chi connectivity index (χ2n) is 8.70. The summed E-state index contributed by atoms with van der Waals surface area (Å²) < 4.78 is 3.21. The summed E-state index contributed by atoms with van der Waals surface area (Å²) in [7, 11) is 1.75. The molecule has 3 aromatic heterocycles. The highest BCUT2D eigenvalue weighted by atomic mass is 35.5. The van der Waals surface area contributed by atoms with Crippen LogP contribution in [0.2, 0.25) is 5.02 Å².